The van der Waals surface area contributed by atoms with Crippen LogP contribution in [0, 0.1) is 0 Å². The molecule has 0 aromatic heterocycles. The number of hydrogen-bond donors (Lipinski definition) is 0. The van der Waals surface area contributed by atoms with E-state index in [0.717, 1.165) is 12.5 Å². The van der Waals surface area contributed by atoms with Crippen LogP contribution in [-0.4, -0.2) is 0 Å². The zero-order chi connectivity index (χ0) is 11.2. The Morgan fingerprint density at radius 3 is 2.00 bits per heavy atom. The van der Waals surface area contributed by atoms with E-state index in [9.17, 15) is 8.78 Å². The van der Waals surface area contributed by atoms with Gasteiger partial charge in [0.1, 0.15) is 0 Å². The number of benzene rings is 1. The zero-order valence-corrected chi connectivity index (χ0v) is 9.27. The summed E-state index contributed by atoms with van der Waals surface area (Å²) in [6.07, 6.45) is 0.652. The van der Waals surface area contributed by atoms with Crippen LogP contribution in [0.4, 0.5) is 8.78 Å². The first-order valence-corrected chi connectivity index (χ1v) is 5.02. The maximum absolute atomic E-state index is 12.9. The van der Waals surface area contributed by atoms with E-state index in [4.69, 9.17) is 0 Å². The highest BCUT2D eigenvalue weighted by molar-refractivity contribution is 5.30. The number of alkyl halides is 2. The van der Waals surface area contributed by atoms with Crippen LogP contribution < -0.4 is 0 Å². The van der Waals surface area contributed by atoms with Gasteiger partial charge in [-0.1, -0.05) is 45.0 Å². The van der Waals surface area contributed by atoms with Crippen molar-refractivity contribution in [2.24, 2.45) is 0 Å². The summed E-state index contributed by atoms with van der Waals surface area (Å²) in [5.74, 6) is -2.72. The minimum atomic E-state index is -2.72. The fourth-order valence-corrected chi connectivity index (χ4v) is 1.26. The van der Waals surface area contributed by atoms with Crippen molar-refractivity contribution in [3.63, 3.8) is 0 Å². The van der Waals surface area contributed by atoms with Gasteiger partial charge in [0.05, 0.1) is 0 Å². The van der Waals surface area contributed by atoms with Crippen molar-refractivity contribution in [1.82, 2.24) is 0 Å². The monoisotopic (exact) mass is 200 g/mol. The van der Waals surface area contributed by atoms with E-state index in [-0.39, 0.29) is 5.56 Å². The summed E-state index contributed by atoms with van der Waals surface area (Å²) in [7, 11) is 0. The van der Waals surface area contributed by atoms with Crippen LogP contribution in [0.3, 0.4) is 0 Å². The van der Waals surface area contributed by atoms with Crippen LogP contribution in [0.15, 0.2) is 24.3 Å². The molecule has 0 radical (unpaired) electrons. The maximum atomic E-state index is 12.9. The molecule has 0 aliphatic rings. The van der Waals surface area contributed by atoms with E-state index in [2.05, 4.69) is 0 Å². The fourth-order valence-electron chi connectivity index (χ4n) is 1.26. The third-order valence-corrected chi connectivity index (χ3v) is 1.87. The second-order valence-electron chi connectivity index (χ2n) is 2.90. The summed E-state index contributed by atoms with van der Waals surface area (Å²) in [5.41, 5.74) is 0.873. The molecule has 0 unspecified atom stereocenters. The number of hydrogen-bond acceptors (Lipinski definition) is 0. The molecule has 80 valence electrons. The Morgan fingerprint density at radius 2 is 1.64 bits per heavy atom. The zero-order valence-electron chi connectivity index (χ0n) is 9.27. The largest absolute Gasteiger partial charge is 0.270 e. The van der Waals surface area contributed by atoms with Crippen LogP contribution in [0.1, 0.15) is 38.8 Å². The van der Waals surface area contributed by atoms with Crippen molar-refractivity contribution in [3.8, 4) is 0 Å². The third-order valence-electron chi connectivity index (χ3n) is 1.87. The van der Waals surface area contributed by atoms with Crippen LogP contribution in [-0.2, 0) is 12.3 Å². The van der Waals surface area contributed by atoms with E-state index in [1.54, 1.807) is 18.2 Å². The number of rotatable bonds is 2. The smallest absolute Gasteiger partial charge is 0.202 e. The van der Waals surface area contributed by atoms with Crippen LogP contribution in [0.5, 0.6) is 0 Å². The molecular weight excluding hydrogens is 182 g/mol. The average Bonchev–Trinajstić information content (AvgIpc) is 2.19. The molecular formula is C12H18F2. The molecule has 0 bridgehead atoms. The van der Waals surface area contributed by atoms with E-state index in [0.29, 0.717) is 6.42 Å². The normalized spacial score (nSPS) is 10.4. The highest BCUT2D eigenvalue weighted by Gasteiger charge is 2.26. The lowest BCUT2D eigenvalue weighted by molar-refractivity contribution is 0.0166. The lowest BCUT2D eigenvalue weighted by Gasteiger charge is -2.14. The molecule has 2 heteroatoms. The summed E-state index contributed by atoms with van der Waals surface area (Å²) in [6, 6.07) is 6.66. The fraction of sp³-hybridized carbons (Fsp3) is 0.500. The van der Waals surface area contributed by atoms with Gasteiger partial charge in [0.2, 0.25) is 0 Å². The van der Waals surface area contributed by atoms with Gasteiger partial charge in [0.25, 0.3) is 5.92 Å². The summed E-state index contributed by atoms with van der Waals surface area (Å²) >= 11 is 0. The molecule has 0 nitrogen and oxygen atoms in total. The van der Waals surface area contributed by atoms with Gasteiger partial charge in [-0.05, 0) is 12.0 Å². The van der Waals surface area contributed by atoms with Crippen molar-refractivity contribution in [1.29, 1.82) is 0 Å². The molecule has 1 aromatic carbocycles. The summed E-state index contributed by atoms with van der Waals surface area (Å²) in [4.78, 5) is 0. The summed E-state index contributed by atoms with van der Waals surface area (Å²) in [5, 5.41) is 0. The van der Waals surface area contributed by atoms with Gasteiger partial charge in [-0.15, -0.1) is 0 Å². The van der Waals surface area contributed by atoms with E-state index < -0.39 is 5.92 Å². The van der Waals surface area contributed by atoms with E-state index in [1.807, 2.05) is 20.8 Å². The number of aryl methyl sites for hydroxylation is 1. The Kier molecular flexibility index (Phi) is 5.36. The van der Waals surface area contributed by atoms with Crippen molar-refractivity contribution in [2.75, 3.05) is 0 Å². The molecule has 0 fully saturated rings. The molecule has 1 rings (SSSR count). The Bertz CT molecular complexity index is 261. The molecule has 0 N–H and O–H groups in total. The maximum Gasteiger partial charge on any atom is 0.270 e. The van der Waals surface area contributed by atoms with Gasteiger partial charge < -0.3 is 0 Å². The highest BCUT2D eigenvalue weighted by Crippen LogP contribution is 2.29. The first kappa shape index (κ1) is 13.1. The van der Waals surface area contributed by atoms with Gasteiger partial charge in [0.15, 0.2) is 0 Å². The average molecular weight is 200 g/mol. The Labute approximate surface area is 85.0 Å². The molecule has 0 saturated heterocycles. The molecule has 0 atom stereocenters. The first-order chi connectivity index (χ1) is 6.55. The van der Waals surface area contributed by atoms with E-state index in [1.165, 1.54) is 6.07 Å². The minimum absolute atomic E-state index is 0.146. The predicted molar refractivity (Wildman–Crippen MR) is 56.7 cm³/mol. The van der Waals surface area contributed by atoms with Gasteiger partial charge in [-0.3, -0.25) is 0 Å². The Balaban J connectivity index is 0.000000791. The van der Waals surface area contributed by atoms with Gasteiger partial charge >= 0.3 is 0 Å². The van der Waals surface area contributed by atoms with Crippen LogP contribution >= 0.6 is 0 Å². The summed E-state index contributed by atoms with van der Waals surface area (Å²) in [6.45, 7) is 6.81. The summed E-state index contributed by atoms with van der Waals surface area (Å²) < 4.78 is 25.8. The lowest BCUT2D eigenvalue weighted by atomic mass is 10.0. The van der Waals surface area contributed by atoms with Crippen molar-refractivity contribution in [2.45, 2.75) is 40.0 Å². The molecule has 0 heterocycles. The standard InChI is InChI=1S/C10H12F2.C2H6/c1-3-8-6-4-5-7-9(8)10(2,11)12;1-2/h4-7H,3H2,1-2H3;1-2H3. The number of halogens is 2. The predicted octanol–water partition coefficient (Wildman–Crippen LogP) is 4.39. The molecule has 0 aliphatic heterocycles. The third kappa shape index (κ3) is 3.44. The van der Waals surface area contributed by atoms with Gasteiger partial charge in [-0.2, -0.15) is 0 Å². The van der Waals surface area contributed by atoms with Gasteiger partial charge in [-0.25, -0.2) is 8.78 Å². The van der Waals surface area contributed by atoms with E-state index >= 15 is 0 Å². The van der Waals surface area contributed by atoms with Gasteiger partial charge in [0, 0.05) is 12.5 Å². The van der Waals surface area contributed by atoms with Crippen LogP contribution in [0.2, 0.25) is 0 Å². The van der Waals surface area contributed by atoms with Crippen molar-refractivity contribution in [3.05, 3.63) is 35.4 Å². The quantitative estimate of drug-likeness (QED) is 0.664. The minimum Gasteiger partial charge on any atom is -0.202 e. The molecule has 1 aromatic rings. The molecule has 0 amide bonds. The SMILES string of the molecule is CC.CCc1ccccc1C(C)(F)F. The second-order valence-corrected chi connectivity index (χ2v) is 2.90. The highest BCUT2D eigenvalue weighted by atomic mass is 19.3. The molecule has 14 heavy (non-hydrogen) atoms. The Morgan fingerprint density at radius 1 is 1.14 bits per heavy atom. The van der Waals surface area contributed by atoms with Crippen molar-refractivity contribution < 1.29 is 8.78 Å². The molecule has 0 saturated carbocycles. The van der Waals surface area contributed by atoms with Crippen molar-refractivity contribution >= 4 is 0 Å². The lowest BCUT2D eigenvalue weighted by Crippen LogP contribution is -2.09. The first-order valence-electron chi connectivity index (χ1n) is 5.02. The molecule has 0 spiro atoms. The van der Waals surface area contributed by atoms with Crippen LogP contribution in [0.25, 0.3) is 0 Å². The second kappa shape index (κ2) is 5.74. The molecule has 0 aliphatic carbocycles. The Hall–Kier alpha value is -0.920. The topological polar surface area (TPSA) is 0 Å².